The summed E-state index contributed by atoms with van der Waals surface area (Å²) in [6.45, 7) is 3.17. The number of nitrogens with one attached hydrogen (secondary N) is 1. The first-order valence-electron chi connectivity index (χ1n) is 9.49. The fourth-order valence-corrected chi connectivity index (χ4v) is 3.67. The zero-order valence-corrected chi connectivity index (χ0v) is 18.2. The smallest absolute Gasteiger partial charge is 0.416 e. The predicted molar refractivity (Wildman–Crippen MR) is 114 cm³/mol. The summed E-state index contributed by atoms with van der Waals surface area (Å²) in [5, 5.41) is 3.32. The van der Waals surface area contributed by atoms with Crippen LogP contribution in [0.1, 0.15) is 28.3 Å². The van der Waals surface area contributed by atoms with Gasteiger partial charge in [0.05, 0.1) is 29.9 Å². The highest BCUT2D eigenvalue weighted by molar-refractivity contribution is 7.80. The fraction of sp³-hybridized carbons (Fsp3) is 0.400. The van der Waals surface area contributed by atoms with Crippen LogP contribution in [0, 0.1) is 0 Å². The molecule has 1 N–H and O–H groups in total. The Morgan fingerprint density at radius 1 is 1.23 bits per heavy atom. The van der Waals surface area contributed by atoms with Crippen LogP contribution in [-0.4, -0.2) is 54.2 Å². The Morgan fingerprint density at radius 2 is 2.00 bits per heavy atom. The molecule has 1 aromatic carbocycles. The molecule has 6 nitrogen and oxygen atoms in total. The summed E-state index contributed by atoms with van der Waals surface area (Å²) in [5.41, 5.74) is -0.678. The number of anilines is 1. The third-order valence-electron chi connectivity index (χ3n) is 4.84. The van der Waals surface area contributed by atoms with E-state index in [0.29, 0.717) is 37.1 Å². The standard InChI is InChI=1S/C20H21ClF3N3O3S/c1-29-18(28)17-6-4-14(30-17)12-26-7-2-8-27(10-9-26)19(31)25-16-11-13(20(22,23)24)3-5-15(16)21/h3-6,11H,2,7-10,12H2,1H3,(H,25,31). The van der Waals surface area contributed by atoms with Crippen molar-refractivity contribution >= 4 is 40.6 Å². The number of hydrogen-bond acceptors (Lipinski definition) is 5. The zero-order valence-electron chi connectivity index (χ0n) is 16.7. The van der Waals surface area contributed by atoms with Gasteiger partial charge >= 0.3 is 12.1 Å². The summed E-state index contributed by atoms with van der Waals surface area (Å²) in [5.74, 6) is 0.264. The number of esters is 1. The van der Waals surface area contributed by atoms with Crippen molar-refractivity contribution < 1.29 is 27.1 Å². The Labute approximate surface area is 187 Å². The molecule has 31 heavy (non-hydrogen) atoms. The van der Waals surface area contributed by atoms with Gasteiger partial charge in [0.15, 0.2) is 5.11 Å². The van der Waals surface area contributed by atoms with E-state index in [9.17, 15) is 18.0 Å². The summed E-state index contributed by atoms with van der Waals surface area (Å²) >= 11 is 11.5. The van der Waals surface area contributed by atoms with Crippen molar-refractivity contribution in [2.75, 3.05) is 38.6 Å². The molecule has 1 fully saturated rings. The average molecular weight is 476 g/mol. The first-order chi connectivity index (χ1) is 14.7. The molecule has 1 aliphatic heterocycles. The Balaban J connectivity index is 1.59. The Hall–Kier alpha value is -2.30. The molecule has 3 rings (SSSR count). The van der Waals surface area contributed by atoms with Crippen LogP contribution in [0.4, 0.5) is 18.9 Å². The van der Waals surface area contributed by atoms with Gasteiger partial charge < -0.3 is 19.4 Å². The van der Waals surface area contributed by atoms with Gasteiger partial charge in [-0.1, -0.05) is 11.6 Å². The molecule has 168 valence electrons. The van der Waals surface area contributed by atoms with Crippen LogP contribution in [0.5, 0.6) is 0 Å². The van der Waals surface area contributed by atoms with E-state index in [2.05, 4.69) is 15.0 Å². The van der Waals surface area contributed by atoms with E-state index in [1.54, 1.807) is 12.1 Å². The number of rotatable bonds is 4. The second-order valence-electron chi connectivity index (χ2n) is 7.00. The number of carbonyl (C=O) groups is 1. The molecule has 0 amide bonds. The summed E-state index contributed by atoms with van der Waals surface area (Å²) in [7, 11) is 1.29. The number of alkyl halides is 3. The van der Waals surface area contributed by atoms with Crippen LogP contribution in [0.2, 0.25) is 5.02 Å². The first kappa shape index (κ1) is 23.4. The summed E-state index contributed by atoms with van der Waals surface area (Å²) in [6, 6.07) is 6.39. The van der Waals surface area contributed by atoms with Gasteiger partial charge in [-0.05, 0) is 49.0 Å². The third-order valence-corrected chi connectivity index (χ3v) is 5.53. The monoisotopic (exact) mass is 475 g/mol. The van der Waals surface area contributed by atoms with Crippen molar-refractivity contribution in [3.8, 4) is 0 Å². The lowest BCUT2D eigenvalue weighted by Crippen LogP contribution is -2.37. The highest BCUT2D eigenvalue weighted by Crippen LogP contribution is 2.34. The second kappa shape index (κ2) is 9.88. The van der Waals surface area contributed by atoms with Crippen LogP contribution in [-0.2, 0) is 17.5 Å². The molecule has 0 saturated carbocycles. The second-order valence-corrected chi connectivity index (χ2v) is 7.79. The van der Waals surface area contributed by atoms with Crippen LogP contribution < -0.4 is 5.32 Å². The van der Waals surface area contributed by atoms with Crippen molar-refractivity contribution in [1.82, 2.24) is 9.80 Å². The average Bonchev–Trinajstić information content (AvgIpc) is 3.05. The minimum Gasteiger partial charge on any atom is -0.463 e. The molecule has 0 aliphatic carbocycles. The van der Waals surface area contributed by atoms with E-state index in [4.69, 9.17) is 28.2 Å². The van der Waals surface area contributed by atoms with Crippen LogP contribution >= 0.6 is 23.8 Å². The van der Waals surface area contributed by atoms with Gasteiger partial charge in [0.2, 0.25) is 5.76 Å². The van der Waals surface area contributed by atoms with Crippen molar-refractivity contribution in [3.05, 3.63) is 52.4 Å². The lowest BCUT2D eigenvalue weighted by Gasteiger charge is -2.25. The van der Waals surface area contributed by atoms with Gasteiger partial charge in [-0.15, -0.1) is 0 Å². The van der Waals surface area contributed by atoms with Crippen LogP contribution in [0.3, 0.4) is 0 Å². The van der Waals surface area contributed by atoms with Crippen LogP contribution in [0.25, 0.3) is 0 Å². The lowest BCUT2D eigenvalue weighted by atomic mass is 10.2. The molecule has 2 aromatic rings. The molecule has 11 heteroatoms. The van der Waals surface area contributed by atoms with Gasteiger partial charge in [0, 0.05) is 26.2 Å². The minimum atomic E-state index is -4.47. The van der Waals surface area contributed by atoms with E-state index < -0.39 is 17.7 Å². The highest BCUT2D eigenvalue weighted by atomic mass is 35.5. The lowest BCUT2D eigenvalue weighted by molar-refractivity contribution is -0.137. The van der Waals surface area contributed by atoms with Gasteiger partial charge in [-0.25, -0.2) is 4.79 Å². The van der Waals surface area contributed by atoms with Crippen molar-refractivity contribution in [2.24, 2.45) is 0 Å². The molecule has 1 aromatic heterocycles. The molecule has 0 atom stereocenters. The Kier molecular flexibility index (Phi) is 7.45. The van der Waals surface area contributed by atoms with Crippen molar-refractivity contribution in [3.63, 3.8) is 0 Å². The van der Waals surface area contributed by atoms with Crippen LogP contribution in [0.15, 0.2) is 34.7 Å². The third kappa shape index (κ3) is 6.11. The predicted octanol–water partition coefficient (Wildman–Crippen LogP) is 4.64. The number of halogens is 4. The number of furan rings is 1. The fourth-order valence-electron chi connectivity index (χ4n) is 3.22. The van der Waals surface area contributed by atoms with Gasteiger partial charge in [0.1, 0.15) is 5.76 Å². The topological polar surface area (TPSA) is 58.0 Å². The van der Waals surface area contributed by atoms with E-state index >= 15 is 0 Å². The van der Waals surface area contributed by atoms with Gasteiger partial charge in [0.25, 0.3) is 0 Å². The normalized spacial score (nSPS) is 15.5. The molecular formula is C20H21ClF3N3O3S. The highest BCUT2D eigenvalue weighted by Gasteiger charge is 2.31. The molecule has 0 bridgehead atoms. The molecule has 0 spiro atoms. The van der Waals surface area contributed by atoms with E-state index in [0.717, 1.165) is 25.1 Å². The maximum absolute atomic E-state index is 13.0. The number of ether oxygens (including phenoxy) is 1. The largest absolute Gasteiger partial charge is 0.463 e. The quantitative estimate of drug-likeness (QED) is 0.510. The number of methoxy groups -OCH3 is 1. The van der Waals surface area contributed by atoms with Gasteiger partial charge in [-0.3, -0.25) is 4.90 Å². The van der Waals surface area contributed by atoms with E-state index in [1.165, 1.54) is 13.2 Å². The molecule has 0 unspecified atom stereocenters. The molecular weight excluding hydrogens is 455 g/mol. The van der Waals surface area contributed by atoms with E-state index in [1.807, 2.05) is 4.90 Å². The summed E-state index contributed by atoms with van der Waals surface area (Å²) in [6.07, 6.45) is -3.67. The first-order valence-corrected chi connectivity index (χ1v) is 10.3. The van der Waals surface area contributed by atoms with Crippen molar-refractivity contribution in [1.29, 1.82) is 0 Å². The molecule has 0 radical (unpaired) electrons. The Bertz CT molecular complexity index is 951. The van der Waals surface area contributed by atoms with Gasteiger partial charge in [-0.2, -0.15) is 13.2 Å². The minimum absolute atomic E-state index is 0.119. The van der Waals surface area contributed by atoms with Crippen molar-refractivity contribution in [2.45, 2.75) is 19.1 Å². The summed E-state index contributed by atoms with van der Waals surface area (Å²) < 4.78 is 49.1. The molecule has 1 aliphatic rings. The number of benzene rings is 1. The molecule has 2 heterocycles. The molecule has 1 saturated heterocycles. The number of thiocarbonyl (C=S) groups is 1. The maximum Gasteiger partial charge on any atom is 0.416 e. The maximum atomic E-state index is 13.0. The number of hydrogen-bond donors (Lipinski definition) is 1. The Morgan fingerprint density at radius 3 is 2.71 bits per heavy atom. The summed E-state index contributed by atoms with van der Waals surface area (Å²) in [4.78, 5) is 15.6. The van der Waals surface area contributed by atoms with E-state index in [-0.39, 0.29) is 16.5 Å². The zero-order chi connectivity index (χ0) is 22.6. The SMILES string of the molecule is COC(=O)c1ccc(CN2CCCN(C(=S)Nc3cc(C(F)(F)F)ccc3Cl)CC2)o1. The number of carbonyl (C=O) groups excluding carboxylic acids is 1. The number of nitrogens with zero attached hydrogens (tertiary/aromatic N) is 2.